The maximum Gasteiger partial charge on any atom is 0.223 e. The number of hydrogen-bond donors (Lipinski definition) is 0. The Bertz CT molecular complexity index is 655. The smallest absolute Gasteiger partial charge is 0.223 e. The number of carbonyl (C=O) groups is 1. The van der Waals surface area contributed by atoms with E-state index < -0.39 is 9.84 Å². The molecule has 0 aliphatic carbocycles. The molecule has 2 atom stereocenters. The van der Waals surface area contributed by atoms with Gasteiger partial charge in [0.25, 0.3) is 0 Å². The SMILES string of the molecule is CC(C)CC(=O)N1CCN(Cc2cccs2)[C@@H]2CS(=O)(=O)C[C@@H]21. The quantitative estimate of drug-likeness (QED) is 0.822. The zero-order valence-corrected chi connectivity index (χ0v) is 15.3. The Hall–Kier alpha value is -0.920. The summed E-state index contributed by atoms with van der Waals surface area (Å²) in [5.74, 6) is 0.683. The Morgan fingerprint density at radius 3 is 2.70 bits per heavy atom. The van der Waals surface area contributed by atoms with Gasteiger partial charge in [-0.15, -0.1) is 11.3 Å². The fourth-order valence-electron chi connectivity index (χ4n) is 3.60. The van der Waals surface area contributed by atoms with Crippen molar-refractivity contribution in [3.05, 3.63) is 22.4 Å². The van der Waals surface area contributed by atoms with Crippen LogP contribution in [0.25, 0.3) is 0 Å². The van der Waals surface area contributed by atoms with E-state index in [1.54, 1.807) is 11.3 Å². The third kappa shape index (κ3) is 3.78. The van der Waals surface area contributed by atoms with Crippen molar-refractivity contribution in [2.24, 2.45) is 5.92 Å². The second kappa shape index (κ2) is 6.53. The minimum Gasteiger partial charge on any atom is -0.336 e. The lowest BCUT2D eigenvalue weighted by atomic mass is 10.0. The molecule has 0 aromatic carbocycles. The summed E-state index contributed by atoms with van der Waals surface area (Å²) in [4.78, 5) is 17.8. The zero-order chi connectivity index (χ0) is 16.6. The Morgan fingerprint density at radius 1 is 1.30 bits per heavy atom. The second-order valence-corrected chi connectivity index (χ2v) is 10.1. The molecule has 3 heterocycles. The van der Waals surface area contributed by atoms with Gasteiger partial charge >= 0.3 is 0 Å². The van der Waals surface area contributed by atoms with E-state index in [0.29, 0.717) is 18.9 Å². The van der Waals surface area contributed by atoms with Crippen LogP contribution in [0.5, 0.6) is 0 Å². The number of amides is 1. The number of hydrogen-bond acceptors (Lipinski definition) is 5. The first-order valence-corrected chi connectivity index (χ1v) is 10.8. The highest BCUT2D eigenvalue weighted by atomic mass is 32.2. The van der Waals surface area contributed by atoms with Crippen LogP contribution < -0.4 is 0 Å². The van der Waals surface area contributed by atoms with Gasteiger partial charge in [-0.25, -0.2) is 8.42 Å². The van der Waals surface area contributed by atoms with Gasteiger partial charge in [-0.1, -0.05) is 19.9 Å². The standard InChI is InChI=1S/C16H24N2O3S2/c1-12(2)8-16(19)18-6-5-17(9-13-4-3-7-22-13)14-10-23(20,21)11-15(14)18/h3-4,7,12,14-15H,5-6,8-11H2,1-2H3/t14-,15+/m1/s1. The van der Waals surface area contributed by atoms with Crippen LogP contribution >= 0.6 is 11.3 Å². The Balaban J connectivity index is 1.78. The van der Waals surface area contributed by atoms with Crippen molar-refractivity contribution in [2.45, 2.75) is 38.9 Å². The Kier molecular flexibility index (Phi) is 4.80. The first-order chi connectivity index (χ1) is 10.9. The van der Waals surface area contributed by atoms with E-state index in [1.807, 2.05) is 30.2 Å². The van der Waals surface area contributed by atoms with E-state index in [-0.39, 0.29) is 29.5 Å². The molecular weight excluding hydrogens is 332 g/mol. The van der Waals surface area contributed by atoms with E-state index >= 15 is 0 Å². The minimum atomic E-state index is -3.07. The molecule has 0 saturated carbocycles. The molecule has 5 nitrogen and oxygen atoms in total. The summed E-state index contributed by atoms with van der Waals surface area (Å²) in [6, 6.07) is 3.86. The molecule has 3 rings (SSSR count). The second-order valence-electron chi connectivity index (χ2n) is 6.95. The third-order valence-electron chi connectivity index (χ3n) is 4.63. The first-order valence-electron chi connectivity index (χ1n) is 8.12. The van der Waals surface area contributed by atoms with Crippen LogP contribution in [0.3, 0.4) is 0 Å². The molecular formula is C16H24N2O3S2. The minimum absolute atomic E-state index is 0.0630. The lowest BCUT2D eigenvalue weighted by Crippen LogP contribution is -2.60. The molecule has 2 aliphatic rings. The van der Waals surface area contributed by atoms with Crippen LogP contribution in [0.4, 0.5) is 0 Å². The molecule has 1 aromatic heterocycles. The lowest BCUT2D eigenvalue weighted by molar-refractivity contribution is -0.137. The average molecular weight is 357 g/mol. The number of rotatable bonds is 4. The van der Waals surface area contributed by atoms with Crippen LogP contribution in [0.1, 0.15) is 25.1 Å². The van der Waals surface area contributed by atoms with E-state index in [1.165, 1.54) is 4.88 Å². The lowest BCUT2D eigenvalue weighted by Gasteiger charge is -2.44. The Labute approximate surface area is 142 Å². The van der Waals surface area contributed by atoms with Crippen LogP contribution in [-0.2, 0) is 21.2 Å². The highest BCUT2D eigenvalue weighted by Crippen LogP contribution is 2.29. The van der Waals surface area contributed by atoms with E-state index in [4.69, 9.17) is 0 Å². The summed E-state index contributed by atoms with van der Waals surface area (Å²) in [7, 11) is -3.07. The molecule has 2 saturated heterocycles. The molecule has 1 amide bonds. The van der Waals surface area contributed by atoms with Gasteiger partial charge < -0.3 is 4.90 Å². The van der Waals surface area contributed by atoms with Crippen LogP contribution in [-0.4, -0.2) is 60.8 Å². The summed E-state index contributed by atoms with van der Waals surface area (Å²) in [5, 5.41) is 2.04. The number of piperazine rings is 1. The number of fused-ring (bicyclic) bond motifs is 1. The van der Waals surface area contributed by atoms with Crippen molar-refractivity contribution in [1.29, 1.82) is 0 Å². The molecule has 23 heavy (non-hydrogen) atoms. The topological polar surface area (TPSA) is 57.7 Å². The average Bonchev–Trinajstić information content (AvgIpc) is 3.04. The van der Waals surface area contributed by atoms with Gasteiger partial charge in [-0.3, -0.25) is 9.69 Å². The molecule has 7 heteroatoms. The number of thiophene rings is 1. The maximum absolute atomic E-state index is 12.5. The van der Waals surface area contributed by atoms with Crippen molar-refractivity contribution >= 4 is 27.1 Å². The van der Waals surface area contributed by atoms with Crippen molar-refractivity contribution in [1.82, 2.24) is 9.80 Å². The fraction of sp³-hybridized carbons (Fsp3) is 0.688. The molecule has 1 aromatic rings. The largest absolute Gasteiger partial charge is 0.336 e. The third-order valence-corrected chi connectivity index (χ3v) is 7.19. The van der Waals surface area contributed by atoms with Crippen molar-refractivity contribution < 1.29 is 13.2 Å². The zero-order valence-electron chi connectivity index (χ0n) is 13.6. The maximum atomic E-state index is 12.5. The Morgan fingerprint density at radius 2 is 2.04 bits per heavy atom. The first kappa shape index (κ1) is 16.9. The fourth-order valence-corrected chi connectivity index (χ4v) is 6.34. The molecule has 0 bridgehead atoms. The van der Waals surface area contributed by atoms with Gasteiger partial charge in [0.1, 0.15) is 0 Å². The molecule has 2 aliphatic heterocycles. The monoisotopic (exact) mass is 356 g/mol. The van der Waals surface area contributed by atoms with Crippen LogP contribution in [0.2, 0.25) is 0 Å². The molecule has 128 valence electrons. The predicted molar refractivity (Wildman–Crippen MR) is 92.1 cm³/mol. The summed E-state index contributed by atoms with van der Waals surface area (Å²) in [5.41, 5.74) is 0. The summed E-state index contributed by atoms with van der Waals surface area (Å²) < 4.78 is 24.3. The molecule has 0 spiro atoms. The van der Waals surface area contributed by atoms with Gasteiger partial charge in [-0.2, -0.15) is 0 Å². The highest BCUT2D eigenvalue weighted by molar-refractivity contribution is 7.91. The highest BCUT2D eigenvalue weighted by Gasteiger charge is 2.47. The number of sulfone groups is 1. The van der Waals surface area contributed by atoms with Gasteiger partial charge in [0.15, 0.2) is 9.84 Å². The molecule has 0 unspecified atom stereocenters. The van der Waals surface area contributed by atoms with Gasteiger partial charge in [0.2, 0.25) is 5.91 Å². The predicted octanol–water partition coefficient (Wildman–Crippen LogP) is 1.60. The summed E-state index contributed by atoms with van der Waals surface area (Å²) in [6.45, 7) is 6.20. The van der Waals surface area contributed by atoms with Gasteiger partial charge in [0, 0.05) is 37.0 Å². The van der Waals surface area contributed by atoms with Crippen LogP contribution in [0.15, 0.2) is 17.5 Å². The molecule has 0 N–H and O–H groups in total. The van der Waals surface area contributed by atoms with Crippen molar-refractivity contribution in [3.63, 3.8) is 0 Å². The molecule has 2 fully saturated rings. The summed E-state index contributed by atoms with van der Waals surface area (Å²) in [6.07, 6.45) is 0.494. The van der Waals surface area contributed by atoms with E-state index in [9.17, 15) is 13.2 Å². The van der Waals surface area contributed by atoms with Gasteiger partial charge in [-0.05, 0) is 17.4 Å². The molecule has 0 radical (unpaired) electrons. The van der Waals surface area contributed by atoms with Crippen molar-refractivity contribution in [3.8, 4) is 0 Å². The summed E-state index contributed by atoms with van der Waals surface area (Å²) >= 11 is 1.69. The number of nitrogens with zero attached hydrogens (tertiary/aromatic N) is 2. The van der Waals surface area contributed by atoms with E-state index in [2.05, 4.69) is 11.0 Å². The number of carbonyl (C=O) groups excluding carboxylic acids is 1. The van der Waals surface area contributed by atoms with E-state index in [0.717, 1.165) is 13.1 Å². The van der Waals surface area contributed by atoms with Gasteiger partial charge in [0.05, 0.1) is 17.5 Å². The van der Waals surface area contributed by atoms with Crippen LogP contribution in [0, 0.1) is 5.92 Å². The normalized spacial score (nSPS) is 27.3. The van der Waals surface area contributed by atoms with Crippen molar-refractivity contribution in [2.75, 3.05) is 24.6 Å².